The molecule has 1 saturated carbocycles. The van der Waals surface area contributed by atoms with Gasteiger partial charge in [-0.1, -0.05) is 18.6 Å². The monoisotopic (exact) mass is 263 g/mol. The summed E-state index contributed by atoms with van der Waals surface area (Å²) in [4.78, 5) is 10.4. The third kappa shape index (κ3) is 3.30. The molecule has 5 heteroatoms. The van der Waals surface area contributed by atoms with Gasteiger partial charge >= 0.3 is 0 Å². The molecule has 1 aliphatic rings. The largest absolute Gasteiger partial charge is 0.330 e. The fourth-order valence-electron chi connectivity index (χ4n) is 2.86. The molecule has 1 aliphatic carbocycles. The van der Waals surface area contributed by atoms with Gasteiger partial charge in [0.15, 0.2) is 0 Å². The van der Waals surface area contributed by atoms with Crippen molar-refractivity contribution in [2.24, 2.45) is 11.7 Å². The van der Waals surface area contributed by atoms with Gasteiger partial charge in [-0.05, 0) is 37.8 Å². The Labute approximate surface area is 113 Å². The summed E-state index contributed by atoms with van der Waals surface area (Å²) < 4.78 is 0. The van der Waals surface area contributed by atoms with Gasteiger partial charge in [0, 0.05) is 24.2 Å². The van der Waals surface area contributed by atoms with Crippen LogP contribution in [-0.2, 0) is 0 Å². The summed E-state index contributed by atoms with van der Waals surface area (Å²) in [7, 11) is 0. The van der Waals surface area contributed by atoms with E-state index < -0.39 is 0 Å². The molecule has 0 radical (unpaired) electrons. The van der Waals surface area contributed by atoms with E-state index in [1.165, 1.54) is 18.9 Å². The molecule has 1 fully saturated rings. The van der Waals surface area contributed by atoms with Crippen LogP contribution in [0.3, 0.4) is 0 Å². The van der Waals surface area contributed by atoms with E-state index >= 15 is 0 Å². The predicted molar refractivity (Wildman–Crippen MR) is 74.8 cm³/mol. The standard InChI is InChI=1S/C14H21N3O2/c1-10(16-14-7-3-5-12(14)9-15)11-4-2-6-13(8-11)17(18)19/h2,4,6,8,10,12,14,16H,3,5,7,9,15H2,1H3. The zero-order chi connectivity index (χ0) is 13.8. The first-order valence-electron chi connectivity index (χ1n) is 6.82. The molecule has 104 valence electrons. The molecular weight excluding hydrogens is 242 g/mol. The molecule has 0 aliphatic heterocycles. The molecule has 3 N–H and O–H groups in total. The van der Waals surface area contributed by atoms with Crippen molar-refractivity contribution in [1.82, 2.24) is 5.32 Å². The van der Waals surface area contributed by atoms with E-state index in [9.17, 15) is 10.1 Å². The van der Waals surface area contributed by atoms with Crippen molar-refractivity contribution in [3.63, 3.8) is 0 Å². The maximum absolute atomic E-state index is 10.8. The van der Waals surface area contributed by atoms with Crippen molar-refractivity contribution >= 4 is 5.69 Å². The summed E-state index contributed by atoms with van der Waals surface area (Å²) >= 11 is 0. The van der Waals surface area contributed by atoms with Crippen LogP contribution in [0.4, 0.5) is 5.69 Å². The smallest absolute Gasteiger partial charge is 0.269 e. The minimum absolute atomic E-state index is 0.108. The highest BCUT2D eigenvalue weighted by atomic mass is 16.6. The zero-order valence-electron chi connectivity index (χ0n) is 11.2. The number of nitro groups is 1. The van der Waals surface area contributed by atoms with E-state index in [1.54, 1.807) is 12.1 Å². The van der Waals surface area contributed by atoms with Gasteiger partial charge in [0.2, 0.25) is 0 Å². The van der Waals surface area contributed by atoms with Crippen LogP contribution in [0, 0.1) is 16.0 Å². The second-order valence-corrected chi connectivity index (χ2v) is 5.27. The Balaban J connectivity index is 2.05. The Bertz CT molecular complexity index is 450. The number of non-ortho nitro benzene ring substituents is 1. The summed E-state index contributed by atoms with van der Waals surface area (Å²) in [6.07, 6.45) is 3.53. The van der Waals surface area contributed by atoms with Gasteiger partial charge in [0.25, 0.3) is 5.69 Å². The third-order valence-corrected chi connectivity index (χ3v) is 4.01. The van der Waals surface area contributed by atoms with Crippen molar-refractivity contribution in [2.45, 2.75) is 38.3 Å². The Kier molecular flexibility index (Phi) is 4.50. The number of nitrogens with one attached hydrogen (secondary N) is 1. The minimum Gasteiger partial charge on any atom is -0.330 e. The Hall–Kier alpha value is -1.46. The van der Waals surface area contributed by atoms with Crippen LogP contribution in [0.1, 0.15) is 37.8 Å². The lowest BCUT2D eigenvalue weighted by atomic mass is 10.0. The lowest BCUT2D eigenvalue weighted by Gasteiger charge is -2.24. The molecule has 0 bridgehead atoms. The van der Waals surface area contributed by atoms with Crippen LogP contribution in [-0.4, -0.2) is 17.5 Å². The highest BCUT2D eigenvalue weighted by molar-refractivity contribution is 5.35. The lowest BCUT2D eigenvalue weighted by Crippen LogP contribution is -2.37. The van der Waals surface area contributed by atoms with E-state index in [-0.39, 0.29) is 16.7 Å². The Morgan fingerprint density at radius 3 is 3.00 bits per heavy atom. The van der Waals surface area contributed by atoms with E-state index in [0.717, 1.165) is 12.0 Å². The number of nitro benzene ring substituents is 1. The number of nitrogens with two attached hydrogens (primary N) is 1. The van der Waals surface area contributed by atoms with Gasteiger partial charge in [-0.25, -0.2) is 0 Å². The molecule has 3 unspecified atom stereocenters. The topological polar surface area (TPSA) is 81.2 Å². The number of nitrogens with zero attached hydrogens (tertiary/aromatic N) is 1. The molecule has 0 heterocycles. The number of hydrogen-bond donors (Lipinski definition) is 2. The molecule has 3 atom stereocenters. The average Bonchev–Trinajstić information content (AvgIpc) is 2.86. The zero-order valence-corrected chi connectivity index (χ0v) is 11.2. The van der Waals surface area contributed by atoms with Crippen LogP contribution in [0.5, 0.6) is 0 Å². The second-order valence-electron chi connectivity index (χ2n) is 5.27. The van der Waals surface area contributed by atoms with Crippen LogP contribution >= 0.6 is 0 Å². The fourth-order valence-corrected chi connectivity index (χ4v) is 2.86. The molecule has 0 amide bonds. The van der Waals surface area contributed by atoms with Gasteiger partial charge in [-0.2, -0.15) is 0 Å². The van der Waals surface area contributed by atoms with Crippen molar-refractivity contribution < 1.29 is 4.92 Å². The number of hydrogen-bond acceptors (Lipinski definition) is 4. The van der Waals surface area contributed by atoms with E-state index in [1.807, 2.05) is 13.0 Å². The van der Waals surface area contributed by atoms with Crippen LogP contribution in [0.15, 0.2) is 24.3 Å². The SMILES string of the molecule is CC(NC1CCCC1CN)c1cccc([N+](=O)[O-])c1. The first-order valence-corrected chi connectivity index (χ1v) is 6.82. The predicted octanol–water partition coefficient (Wildman–Crippen LogP) is 2.37. The highest BCUT2D eigenvalue weighted by Gasteiger charge is 2.27. The van der Waals surface area contributed by atoms with E-state index in [4.69, 9.17) is 5.73 Å². The summed E-state index contributed by atoms with van der Waals surface area (Å²) in [6.45, 7) is 2.75. The van der Waals surface area contributed by atoms with Crippen molar-refractivity contribution in [1.29, 1.82) is 0 Å². The van der Waals surface area contributed by atoms with Crippen LogP contribution < -0.4 is 11.1 Å². The molecular formula is C14H21N3O2. The fraction of sp³-hybridized carbons (Fsp3) is 0.571. The van der Waals surface area contributed by atoms with E-state index in [0.29, 0.717) is 18.5 Å². The minimum atomic E-state index is -0.353. The molecule has 0 spiro atoms. The Morgan fingerprint density at radius 2 is 2.32 bits per heavy atom. The second kappa shape index (κ2) is 6.12. The van der Waals surface area contributed by atoms with Gasteiger partial charge in [-0.15, -0.1) is 0 Å². The van der Waals surface area contributed by atoms with Gasteiger partial charge < -0.3 is 11.1 Å². The normalized spacial score (nSPS) is 24.3. The maximum atomic E-state index is 10.8. The molecule has 2 rings (SSSR count). The molecule has 1 aromatic carbocycles. The molecule has 5 nitrogen and oxygen atoms in total. The first-order chi connectivity index (χ1) is 9.11. The van der Waals surface area contributed by atoms with Gasteiger partial charge in [0.05, 0.1) is 4.92 Å². The third-order valence-electron chi connectivity index (χ3n) is 4.01. The summed E-state index contributed by atoms with van der Waals surface area (Å²) in [5.74, 6) is 0.529. The van der Waals surface area contributed by atoms with Crippen molar-refractivity contribution in [2.75, 3.05) is 6.54 Å². The molecule has 0 saturated heterocycles. The van der Waals surface area contributed by atoms with Crippen LogP contribution in [0.2, 0.25) is 0 Å². The Morgan fingerprint density at radius 1 is 1.53 bits per heavy atom. The molecule has 19 heavy (non-hydrogen) atoms. The van der Waals surface area contributed by atoms with Gasteiger partial charge in [-0.3, -0.25) is 10.1 Å². The van der Waals surface area contributed by atoms with Crippen molar-refractivity contribution in [3.05, 3.63) is 39.9 Å². The first kappa shape index (κ1) is 14.0. The summed E-state index contributed by atoms with van der Waals surface area (Å²) in [6, 6.07) is 7.37. The molecule has 0 aromatic heterocycles. The highest BCUT2D eigenvalue weighted by Crippen LogP contribution is 2.27. The van der Waals surface area contributed by atoms with Crippen LogP contribution in [0.25, 0.3) is 0 Å². The van der Waals surface area contributed by atoms with Gasteiger partial charge in [0.1, 0.15) is 0 Å². The number of rotatable bonds is 5. The summed E-state index contributed by atoms with van der Waals surface area (Å²) in [5, 5.41) is 14.3. The quantitative estimate of drug-likeness (QED) is 0.631. The maximum Gasteiger partial charge on any atom is 0.269 e. The summed E-state index contributed by atoms with van der Waals surface area (Å²) in [5.41, 5.74) is 6.87. The number of benzene rings is 1. The average molecular weight is 263 g/mol. The lowest BCUT2D eigenvalue weighted by molar-refractivity contribution is -0.384. The van der Waals surface area contributed by atoms with E-state index in [2.05, 4.69) is 5.32 Å². The molecule has 1 aromatic rings. The van der Waals surface area contributed by atoms with Crippen molar-refractivity contribution in [3.8, 4) is 0 Å².